The lowest BCUT2D eigenvalue weighted by Crippen LogP contribution is -2.44. The highest BCUT2D eigenvalue weighted by Crippen LogP contribution is 2.32. The van der Waals surface area contributed by atoms with Crippen LogP contribution in [-0.2, 0) is 25.7 Å². The normalized spacial score (nSPS) is 18.5. The van der Waals surface area contributed by atoms with Crippen molar-refractivity contribution in [1.82, 2.24) is 4.90 Å². The van der Waals surface area contributed by atoms with E-state index in [0.29, 0.717) is 11.5 Å². The minimum Gasteiger partial charge on any atom is -0.456 e. The monoisotopic (exact) mass is 463 g/mol. The average Bonchev–Trinajstić information content (AvgIpc) is 3.28. The lowest BCUT2D eigenvalue weighted by molar-refractivity contribution is -0.149. The topological polar surface area (TPSA) is 90.0 Å². The van der Waals surface area contributed by atoms with E-state index >= 15 is 0 Å². The summed E-state index contributed by atoms with van der Waals surface area (Å²) in [7, 11) is 0. The van der Waals surface area contributed by atoms with Crippen molar-refractivity contribution in [2.24, 2.45) is 0 Å². The van der Waals surface area contributed by atoms with Gasteiger partial charge in [0, 0.05) is 12.0 Å². The van der Waals surface area contributed by atoms with Gasteiger partial charge in [0.05, 0.1) is 0 Å². The largest absolute Gasteiger partial charge is 0.456 e. The highest BCUT2D eigenvalue weighted by molar-refractivity contribution is 6.01. The van der Waals surface area contributed by atoms with Gasteiger partial charge in [0.1, 0.15) is 12.6 Å². The van der Waals surface area contributed by atoms with E-state index in [4.69, 9.17) is 9.47 Å². The molecule has 2 aromatic rings. The van der Waals surface area contributed by atoms with Crippen molar-refractivity contribution in [2.75, 3.05) is 6.61 Å². The summed E-state index contributed by atoms with van der Waals surface area (Å²) in [6.07, 6.45) is 5.40. The van der Waals surface area contributed by atoms with Gasteiger partial charge in [-0.25, -0.2) is 14.5 Å². The molecule has 2 fully saturated rings. The van der Waals surface area contributed by atoms with Crippen molar-refractivity contribution in [3.05, 3.63) is 71.3 Å². The number of rotatable bonds is 7. The Hall–Kier alpha value is -3.48. The molecule has 0 bridgehead atoms. The Balaban J connectivity index is 1.30. The van der Waals surface area contributed by atoms with E-state index in [1.807, 2.05) is 30.3 Å². The van der Waals surface area contributed by atoms with Crippen LogP contribution in [0.4, 0.5) is 4.79 Å². The molecule has 2 aliphatic rings. The van der Waals surface area contributed by atoms with Gasteiger partial charge in [-0.1, -0.05) is 73.9 Å². The van der Waals surface area contributed by atoms with Crippen molar-refractivity contribution < 1.29 is 28.7 Å². The minimum absolute atomic E-state index is 0.0133. The molecule has 0 unspecified atom stereocenters. The first-order chi connectivity index (χ1) is 16.5. The van der Waals surface area contributed by atoms with Gasteiger partial charge in [-0.15, -0.1) is 0 Å². The van der Waals surface area contributed by atoms with Gasteiger partial charge in [0.2, 0.25) is 5.91 Å². The summed E-state index contributed by atoms with van der Waals surface area (Å²) in [6, 6.07) is 15.5. The third-order valence-electron chi connectivity index (χ3n) is 6.54. The first-order valence-electron chi connectivity index (χ1n) is 11.9. The number of benzene rings is 2. The predicted molar refractivity (Wildman–Crippen MR) is 124 cm³/mol. The molecule has 1 aliphatic heterocycles. The zero-order chi connectivity index (χ0) is 23.9. The van der Waals surface area contributed by atoms with Gasteiger partial charge in [0.15, 0.2) is 12.4 Å². The molecular weight excluding hydrogens is 434 g/mol. The predicted octanol–water partition coefficient (Wildman–Crippen LogP) is 4.79. The molecule has 1 atom stereocenters. The molecule has 1 saturated carbocycles. The Morgan fingerprint density at radius 2 is 1.56 bits per heavy atom. The Morgan fingerprint density at radius 1 is 0.853 bits per heavy atom. The molecule has 0 N–H and O–H groups in total. The molecule has 0 radical (unpaired) electrons. The number of carbonyl (C=O) groups is 4. The smallest absolute Gasteiger partial charge is 0.417 e. The van der Waals surface area contributed by atoms with Crippen LogP contribution in [0, 0.1) is 0 Å². The van der Waals surface area contributed by atoms with Gasteiger partial charge in [-0.05, 0) is 36.3 Å². The summed E-state index contributed by atoms with van der Waals surface area (Å²) in [6.45, 7) is -0.459. The van der Waals surface area contributed by atoms with Gasteiger partial charge >= 0.3 is 12.1 Å². The lowest BCUT2D eigenvalue weighted by Gasteiger charge is -2.22. The Kier molecular flexibility index (Phi) is 7.72. The first kappa shape index (κ1) is 23.7. The highest BCUT2D eigenvalue weighted by atomic mass is 16.6. The van der Waals surface area contributed by atoms with Crippen LogP contribution in [-0.4, -0.2) is 41.3 Å². The second-order valence-electron chi connectivity index (χ2n) is 8.85. The number of nitrogens with zero attached hydrogens (tertiary/aromatic N) is 1. The quantitative estimate of drug-likeness (QED) is 0.433. The second-order valence-corrected chi connectivity index (χ2v) is 8.85. The summed E-state index contributed by atoms with van der Waals surface area (Å²) in [5.41, 5.74) is 2.47. The summed E-state index contributed by atoms with van der Waals surface area (Å²) in [5, 5.41) is 0. The Labute approximate surface area is 199 Å². The molecule has 4 rings (SSSR count). The SMILES string of the molecule is O=C(COC(=O)[C@H]1CCC(=O)N1C(=O)OCc1ccccc1)c1ccc(C2CCCCC2)cc1. The number of hydrogen-bond donors (Lipinski definition) is 0. The number of amides is 2. The zero-order valence-corrected chi connectivity index (χ0v) is 19.1. The van der Waals surface area contributed by atoms with Crippen LogP contribution in [0.1, 0.15) is 72.3 Å². The first-order valence-corrected chi connectivity index (χ1v) is 11.9. The standard InChI is InChI=1S/C27H29NO6/c29-24(22-13-11-21(12-14-22)20-9-5-2-6-10-20)18-33-26(31)23-15-16-25(30)28(23)27(32)34-17-19-7-3-1-4-8-19/h1,3-4,7-8,11-14,20,23H,2,5-6,9-10,15-18H2/t23-/m1/s1. The van der Waals surface area contributed by atoms with Crippen LogP contribution in [0.25, 0.3) is 0 Å². The van der Waals surface area contributed by atoms with E-state index in [1.54, 1.807) is 24.3 Å². The third kappa shape index (κ3) is 5.71. The van der Waals surface area contributed by atoms with E-state index in [1.165, 1.54) is 37.7 Å². The van der Waals surface area contributed by atoms with Crippen molar-refractivity contribution in [1.29, 1.82) is 0 Å². The number of likely N-dealkylation sites (tertiary alicyclic amines) is 1. The molecule has 1 aliphatic carbocycles. The van der Waals surface area contributed by atoms with Crippen LogP contribution < -0.4 is 0 Å². The molecule has 7 nitrogen and oxygen atoms in total. The highest BCUT2D eigenvalue weighted by Gasteiger charge is 2.42. The molecular formula is C27H29NO6. The molecule has 0 spiro atoms. The Bertz CT molecular complexity index is 1030. The van der Waals surface area contributed by atoms with Crippen LogP contribution in [0.2, 0.25) is 0 Å². The number of ether oxygens (including phenoxy) is 2. The Morgan fingerprint density at radius 3 is 2.26 bits per heavy atom. The van der Waals surface area contributed by atoms with Crippen molar-refractivity contribution in [3.63, 3.8) is 0 Å². The number of carbonyl (C=O) groups excluding carboxylic acids is 4. The van der Waals surface area contributed by atoms with E-state index in [9.17, 15) is 19.2 Å². The second kappa shape index (κ2) is 11.1. The van der Waals surface area contributed by atoms with Gasteiger partial charge in [0.25, 0.3) is 0 Å². The molecule has 0 aromatic heterocycles. The number of esters is 1. The summed E-state index contributed by atoms with van der Waals surface area (Å²) < 4.78 is 10.4. The fourth-order valence-electron chi connectivity index (χ4n) is 4.62. The van der Waals surface area contributed by atoms with Crippen LogP contribution in [0.5, 0.6) is 0 Å². The third-order valence-corrected chi connectivity index (χ3v) is 6.54. The molecule has 7 heteroatoms. The van der Waals surface area contributed by atoms with E-state index in [2.05, 4.69) is 0 Å². The number of hydrogen-bond acceptors (Lipinski definition) is 6. The molecule has 34 heavy (non-hydrogen) atoms. The maximum absolute atomic E-state index is 12.6. The van der Waals surface area contributed by atoms with Crippen LogP contribution in [0.15, 0.2) is 54.6 Å². The zero-order valence-electron chi connectivity index (χ0n) is 19.1. The van der Waals surface area contributed by atoms with Crippen molar-refractivity contribution in [2.45, 2.75) is 63.5 Å². The number of ketones is 1. The van der Waals surface area contributed by atoms with E-state index in [0.717, 1.165) is 10.5 Å². The van der Waals surface area contributed by atoms with Crippen LogP contribution in [0.3, 0.4) is 0 Å². The summed E-state index contributed by atoms with van der Waals surface area (Å²) in [5.74, 6) is -1.06. The average molecular weight is 464 g/mol. The van der Waals surface area contributed by atoms with Crippen LogP contribution >= 0.6 is 0 Å². The molecule has 2 aromatic carbocycles. The molecule has 2 amide bonds. The van der Waals surface area contributed by atoms with Gasteiger partial charge < -0.3 is 9.47 Å². The lowest BCUT2D eigenvalue weighted by atomic mass is 9.84. The molecule has 1 heterocycles. The van der Waals surface area contributed by atoms with Crippen molar-refractivity contribution >= 4 is 23.8 Å². The van der Waals surface area contributed by atoms with Gasteiger partial charge in [-0.2, -0.15) is 0 Å². The number of imide groups is 1. The molecule has 1 saturated heterocycles. The fourth-order valence-corrected chi connectivity index (χ4v) is 4.62. The maximum Gasteiger partial charge on any atom is 0.417 e. The summed E-state index contributed by atoms with van der Waals surface area (Å²) >= 11 is 0. The molecule has 178 valence electrons. The van der Waals surface area contributed by atoms with Crippen molar-refractivity contribution in [3.8, 4) is 0 Å². The van der Waals surface area contributed by atoms with E-state index in [-0.39, 0.29) is 25.2 Å². The fraction of sp³-hybridized carbons (Fsp3) is 0.407. The van der Waals surface area contributed by atoms with E-state index < -0.39 is 30.6 Å². The number of Topliss-reactive ketones (excluding diaryl/α,β-unsaturated/α-hetero) is 1. The van der Waals surface area contributed by atoms with Gasteiger partial charge in [-0.3, -0.25) is 9.59 Å². The maximum atomic E-state index is 12.6. The minimum atomic E-state index is -1.09. The summed E-state index contributed by atoms with van der Waals surface area (Å²) in [4.78, 5) is 50.6.